The average molecular weight is 369 g/mol. The van der Waals surface area contributed by atoms with Gasteiger partial charge in [0.1, 0.15) is 23.3 Å². The molecule has 24 heavy (non-hydrogen) atoms. The molecule has 3 rings (SSSR count). The Morgan fingerprint density at radius 3 is 2.33 bits per heavy atom. The van der Waals surface area contributed by atoms with Gasteiger partial charge in [0.05, 0.1) is 12.7 Å². The first-order valence-electron chi connectivity index (χ1n) is 8.11. The van der Waals surface area contributed by atoms with Gasteiger partial charge in [0, 0.05) is 44.8 Å². The van der Waals surface area contributed by atoms with Crippen molar-refractivity contribution in [3.8, 4) is 5.75 Å². The average Bonchev–Trinajstić information content (AvgIpc) is 2.90. The van der Waals surface area contributed by atoms with Gasteiger partial charge in [-0.25, -0.2) is 4.98 Å². The van der Waals surface area contributed by atoms with Gasteiger partial charge in [0.15, 0.2) is 0 Å². The lowest BCUT2D eigenvalue weighted by Gasteiger charge is -2.34. The van der Waals surface area contributed by atoms with Crippen LogP contribution in [0.25, 0.3) is 0 Å². The molecule has 0 radical (unpaired) electrons. The number of halogens is 2. The van der Waals surface area contributed by atoms with Crippen LogP contribution < -0.4 is 4.74 Å². The molecule has 0 N–H and O–H groups in total. The summed E-state index contributed by atoms with van der Waals surface area (Å²) in [6, 6.07) is 7.50. The predicted molar refractivity (Wildman–Crippen MR) is 96.9 cm³/mol. The standard InChI is InChI=1S/C17H22Cl2N4O/c1-21-16(19)12-20-17(21)13-23-8-6-22(7-9-23)10-11-24-15-4-2-14(18)3-5-15/h2-5,12H,6-11,13H2,1H3. The number of ether oxygens (including phenoxy) is 1. The zero-order valence-electron chi connectivity index (χ0n) is 13.8. The first-order chi connectivity index (χ1) is 11.6. The van der Waals surface area contributed by atoms with Crippen LogP contribution in [-0.4, -0.2) is 58.7 Å². The Labute approximate surface area is 152 Å². The molecule has 0 bridgehead atoms. The van der Waals surface area contributed by atoms with Crippen LogP contribution in [0.15, 0.2) is 30.5 Å². The number of piperazine rings is 1. The van der Waals surface area contributed by atoms with E-state index in [1.54, 1.807) is 6.20 Å². The van der Waals surface area contributed by atoms with Gasteiger partial charge < -0.3 is 9.30 Å². The van der Waals surface area contributed by atoms with Gasteiger partial charge in [-0.05, 0) is 24.3 Å². The summed E-state index contributed by atoms with van der Waals surface area (Å²) in [5.41, 5.74) is 0. The highest BCUT2D eigenvalue weighted by Gasteiger charge is 2.18. The van der Waals surface area contributed by atoms with Crippen LogP contribution in [0.2, 0.25) is 10.2 Å². The van der Waals surface area contributed by atoms with Crippen molar-refractivity contribution in [3.63, 3.8) is 0 Å². The molecule has 0 aliphatic carbocycles. The van der Waals surface area contributed by atoms with E-state index in [9.17, 15) is 0 Å². The fourth-order valence-electron chi connectivity index (χ4n) is 2.77. The Morgan fingerprint density at radius 2 is 1.71 bits per heavy atom. The SMILES string of the molecule is Cn1c(Cl)cnc1CN1CCN(CCOc2ccc(Cl)cc2)CC1. The number of hydrogen-bond donors (Lipinski definition) is 0. The van der Waals surface area contributed by atoms with Crippen LogP contribution in [-0.2, 0) is 13.6 Å². The third-order valence-corrected chi connectivity index (χ3v) is 4.95. The smallest absolute Gasteiger partial charge is 0.128 e. The van der Waals surface area contributed by atoms with Crippen molar-refractivity contribution < 1.29 is 4.74 Å². The Balaban J connectivity index is 1.37. The van der Waals surface area contributed by atoms with Gasteiger partial charge in [-0.2, -0.15) is 0 Å². The molecule has 1 saturated heterocycles. The first-order valence-corrected chi connectivity index (χ1v) is 8.86. The largest absolute Gasteiger partial charge is 0.492 e. The Bertz CT molecular complexity index is 651. The Kier molecular flexibility index (Phi) is 6.00. The summed E-state index contributed by atoms with van der Waals surface area (Å²) in [6.45, 7) is 6.63. The molecule has 1 aliphatic rings. The van der Waals surface area contributed by atoms with Gasteiger partial charge in [0.2, 0.25) is 0 Å². The number of aromatic nitrogens is 2. The molecule has 2 aromatic rings. The van der Waals surface area contributed by atoms with E-state index in [0.717, 1.165) is 55.9 Å². The summed E-state index contributed by atoms with van der Waals surface area (Å²) < 4.78 is 7.70. The second-order valence-corrected chi connectivity index (χ2v) is 6.80. The van der Waals surface area contributed by atoms with Crippen molar-refractivity contribution in [3.05, 3.63) is 46.5 Å². The topological polar surface area (TPSA) is 33.5 Å². The van der Waals surface area contributed by atoms with Gasteiger partial charge in [-0.1, -0.05) is 23.2 Å². The van der Waals surface area contributed by atoms with E-state index in [-0.39, 0.29) is 0 Å². The maximum atomic E-state index is 6.04. The fraction of sp³-hybridized carbons (Fsp3) is 0.471. The maximum absolute atomic E-state index is 6.04. The van der Waals surface area contributed by atoms with Crippen molar-refractivity contribution in [1.29, 1.82) is 0 Å². The quantitative estimate of drug-likeness (QED) is 0.784. The van der Waals surface area contributed by atoms with Gasteiger partial charge in [0.25, 0.3) is 0 Å². The van der Waals surface area contributed by atoms with Crippen molar-refractivity contribution in [2.45, 2.75) is 6.54 Å². The minimum absolute atomic E-state index is 0.683. The minimum Gasteiger partial charge on any atom is -0.492 e. The van der Waals surface area contributed by atoms with Crippen molar-refractivity contribution in [1.82, 2.24) is 19.4 Å². The van der Waals surface area contributed by atoms with E-state index in [0.29, 0.717) is 11.8 Å². The lowest BCUT2D eigenvalue weighted by atomic mass is 10.3. The first kappa shape index (κ1) is 17.5. The van der Waals surface area contributed by atoms with Gasteiger partial charge >= 0.3 is 0 Å². The monoisotopic (exact) mass is 368 g/mol. The summed E-state index contributed by atoms with van der Waals surface area (Å²) in [5.74, 6) is 1.88. The van der Waals surface area contributed by atoms with Crippen molar-refractivity contribution in [2.24, 2.45) is 7.05 Å². The molecular formula is C17H22Cl2N4O. The lowest BCUT2D eigenvalue weighted by molar-refractivity contribution is 0.110. The highest BCUT2D eigenvalue weighted by atomic mass is 35.5. The normalized spacial score (nSPS) is 16.5. The summed E-state index contributed by atoms with van der Waals surface area (Å²) in [6.07, 6.45) is 1.71. The second-order valence-electron chi connectivity index (χ2n) is 5.98. The van der Waals surface area contributed by atoms with Crippen LogP contribution in [0.3, 0.4) is 0 Å². The highest BCUT2D eigenvalue weighted by Crippen LogP contribution is 2.16. The van der Waals surface area contributed by atoms with Crippen LogP contribution >= 0.6 is 23.2 Å². The molecule has 2 heterocycles. The van der Waals surface area contributed by atoms with Crippen molar-refractivity contribution in [2.75, 3.05) is 39.3 Å². The van der Waals surface area contributed by atoms with Gasteiger partial charge in [-0.3, -0.25) is 9.80 Å². The van der Waals surface area contributed by atoms with Crippen LogP contribution in [0.5, 0.6) is 5.75 Å². The fourth-order valence-corrected chi connectivity index (χ4v) is 3.04. The number of hydrogen-bond acceptors (Lipinski definition) is 4. The predicted octanol–water partition coefficient (Wildman–Crippen LogP) is 2.92. The molecule has 1 aromatic carbocycles. The molecule has 1 aliphatic heterocycles. The zero-order valence-corrected chi connectivity index (χ0v) is 15.3. The molecule has 0 spiro atoms. The molecule has 0 saturated carbocycles. The molecule has 0 atom stereocenters. The molecule has 7 heteroatoms. The summed E-state index contributed by atoms with van der Waals surface area (Å²) in [5, 5.41) is 1.41. The minimum atomic E-state index is 0.683. The number of nitrogens with zero attached hydrogens (tertiary/aromatic N) is 4. The summed E-state index contributed by atoms with van der Waals surface area (Å²) in [7, 11) is 1.95. The highest BCUT2D eigenvalue weighted by molar-refractivity contribution is 6.30. The molecule has 0 unspecified atom stereocenters. The van der Waals surface area contributed by atoms with Crippen molar-refractivity contribution >= 4 is 23.2 Å². The lowest BCUT2D eigenvalue weighted by Crippen LogP contribution is -2.47. The number of rotatable bonds is 6. The van der Waals surface area contributed by atoms with Crippen LogP contribution in [0.4, 0.5) is 0 Å². The molecule has 0 amide bonds. The van der Waals surface area contributed by atoms with E-state index in [4.69, 9.17) is 27.9 Å². The molecule has 1 aromatic heterocycles. The number of benzene rings is 1. The summed E-state index contributed by atoms with van der Waals surface area (Å²) in [4.78, 5) is 9.20. The molecular weight excluding hydrogens is 347 g/mol. The van der Waals surface area contributed by atoms with Crippen LogP contribution in [0, 0.1) is 0 Å². The molecule has 130 valence electrons. The second kappa shape index (κ2) is 8.21. The van der Waals surface area contributed by atoms with E-state index in [1.807, 2.05) is 35.9 Å². The van der Waals surface area contributed by atoms with E-state index in [1.165, 1.54) is 0 Å². The molecule has 5 nitrogen and oxygen atoms in total. The maximum Gasteiger partial charge on any atom is 0.128 e. The number of imidazole rings is 1. The van der Waals surface area contributed by atoms with E-state index >= 15 is 0 Å². The zero-order chi connectivity index (χ0) is 16.9. The summed E-state index contributed by atoms with van der Waals surface area (Å²) >= 11 is 11.9. The third-order valence-electron chi connectivity index (χ3n) is 4.35. The van der Waals surface area contributed by atoms with Crippen LogP contribution in [0.1, 0.15) is 5.82 Å². The molecule has 1 fully saturated rings. The Hall–Kier alpha value is -1.27. The third kappa shape index (κ3) is 4.63. The van der Waals surface area contributed by atoms with E-state index < -0.39 is 0 Å². The van der Waals surface area contributed by atoms with Gasteiger partial charge in [-0.15, -0.1) is 0 Å². The van der Waals surface area contributed by atoms with E-state index in [2.05, 4.69) is 14.8 Å². The Morgan fingerprint density at radius 1 is 1.04 bits per heavy atom.